The van der Waals surface area contributed by atoms with Crippen LogP contribution in [0.2, 0.25) is 0 Å². The molecule has 0 aliphatic carbocycles. The van der Waals surface area contributed by atoms with E-state index in [4.69, 9.17) is 14.2 Å². The Morgan fingerprint density at radius 2 is 1.39 bits per heavy atom. The first-order chi connectivity index (χ1) is 15.2. The Labute approximate surface area is 190 Å². The highest BCUT2D eigenvalue weighted by Crippen LogP contribution is 2.20. The van der Waals surface area contributed by atoms with E-state index in [1.807, 2.05) is 83.1 Å². The van der Waals surface area contributed by atoms with Crippen LogP contribution in [0.25, 0.3) is 10.8 Å². The van der Waals surface area contributed by atoms with Gasteiger partial charge >= 0.3 is 0 Å². The molecular weight excluding hydrogens is 384 g/mol. The predicted octanol–water partition coefficient (Wildman–Crippen LogP) is 8.09. The lowest BCUT2D eigenvalue weighted by atomic mass is 10.1. The molecule has 1 saturated heterocycles. The zero-order chi connectivity index (χ0) is 23.5. The molecule has 172 valence electrons. The summed E-state index contributed by atoms with van der Waals surface area (Å²) in [6, 6.07) is 22.3. The van der Waals surface area contributed by atoms with E-state index >= 15 is 0 Å². The molecule has 1 unspecified atom stereocenters. The smallest absolute Gasteiger partial charge is 0.122 e. The zero-order valence-corrected chi connectivity index (χ0v) is 20.8. The number of methoxy groups -OCH3 is 1. The fraction of sp³-hybridized carbons (Fsp3) is 0.429. The Balaban J connectivity index is 0.000000453. The highest BCUT2D eigenvalue weighted by Gasteiger charge is 2.23. The summed E-state index contributed by atoms with van der Waals surface area (Å²) in [6.07, 6.45) is 1.59. The van der Waals surface area contributed by atoms with Gasteiger partial charge in [0, 0.05) is 0 Å². The lowest BCUT2D eigenvalue weighted by Crippen LogP contribution is -2.04. The summed E-state index contributed by atoms with van der Waals surface area (Å²) >= 11 is 0. The molecule has 4 rings (SSSR count). The largest absolute Gasteiger partial charge is 0.497 e. The van der Waals surface area contributed by atoms with Gasteiger partial charge in [-0.2, -0.15) is 0 Å². The van der Waals surface area contributed by atoms with Gasteiger partial charge in [-0.25, -0.2) is 0 Å². The molecule has 3 heteroatoms. The first kappa shape index (κ1) is 28.5. The van der Waals surface area contributed by atoms with Crippen molar-refractivity contribution in [2.45, 2.75) is 61.0 Å². The third-order valence-corrected chi connectivity index (χ3v) is 3.88. The number of hydrogen-bond donors (Lipinski definition) is 0. The number of epoxide rings is 1. The van der Waals surface area contributed by atoms with Gasteiger partial charge in [0.1, 0.15) is 24.2 Å². The molecular formula is C28H42O3. The quantitative estimate of drug-likeness (QED) is 0.395. The molecule has 0 N–H and O–H groups in total. The van der Waals surface area contributed by atoms with Crippen LogP contribution < -0.4 is 9.47 Å². The lowest BCUT2D eigenvalue weighted by Gasteiger charge is -2.06. The fourth-order valence-corrected chi connectivity index (χ4v) is 2.36. The van der Waals surface area contributed by atoms with E-state index in [1.54, 1.807) is 7.11 Å². The molecule has 31 heavy (non-hydrogen) atoms. The van der Waals surface area contributed by atoms with Crippen LogP contribution in [0.4, 0.5) is 0 Å². The number of rotatable bonds is 4. The van der Waals surface area contributed by atoms with Crippen LogP contribution in [0.1, 0.15) is 53.5 Å². The Kier molecular flexibility index (Phi) is 16.8. The Bertz CT molecular complexity index is 810. The molecule has 3 nitrogen and oxygen atoms in total. The number of benzene rings is 3. The number of hydrogen-bond acceptors (Lipinski definition) is 3. The van der Waals surface area contributed by atoms with Crippen molar-refractivity contribution >= 4 is 10.8 Å². The average Bonchev–Trinajstić information content (AvgIpc) is 3.66. The zero-order valence-electron chi connectivity index (χ0n) is 20.8. The summed E-state index contributed by atoms with van der Waals surface area (Å²) in [7, 11) is 1.68. The van der Waals surface area contributed by atoms with Gasteiger partial charge in [0.15, 0.2) is 0 Å². The average molecular weight is 427 g/mol. The van der Waals surface area contributed by atoms with Crippen LogP contribution >= 0.6 is 0 Å². The molecule has 1 aliphatic heterocycles. The highest BCUT2D eigenvalue weighted by atomic mass is 16.6. The van der Waals surface area contributed by atoms with Crippen molar-refractivity contribution < 1.29 is 14.2 Å². The molecule has 1 fully saturated rings. The van der Waals surface area contributed by atoms with Crippen molar-refractivity contribution in [2.75, 3.05) is 20.3 Å². The number of fused-ring (bicyclic) bond motifs is 1. The summed E-state index contributed by atoms with van der Waals surface area (Å²) in [6.45, 7) is 15.8. The number of para-hydroxylation sites is 1. The Morgan fingerprint density at radius 3 is 1.94 bits per heavy atom. The molecule has 0 saturated carbocycles. The molecule has 1 heterocycles. The predicted molar refractivity (Wildman–Crippen MR) is 136 cm³/mol. The Hall–Kier alpha value is -2.52. The third kappa shape index (κ3) is 12.0. The second-order valence-electron chi connectivity index (χ2n) is 6.45. The second kappa shape index (κ2) is 18.3. The standard InChI is InChI=1S/C11H10O.C10H12O2.C3H8.2C2H6/c1-12-11-7-6-9-4-2-3-5-10(9)8-11;1-8-4-2-3-5-10(8)12-7-9-6-11-9;1-3-2;2*1-2/h2-8H,1H3;2-5,9H,6-7H2,1H3;3H2,1-2H3;2*1-2H3. The molecule has 0 aromatic heterocycles. The van der Waals surface area contributed by atoms with Crippen molar-refractivity contribution in [1.29, 1.82) is 0 Å². The maximum Gasteiger partial charge on any atom is 0.122 e. The van der Waals surface area contributed by atoms with Gasteiger partial charge in [0.05, 0.1) is 13.7 Å². The number of aryl methyl sites for hydroxylation is 1. The number of ether oxygens (including phenoxy) is 3. The SMILES string of the molecule is CC.CC.CCC.COc1ccc2ccccc2c1.Cc1ccccc1OCC1CO1. The van der Waals surface area contributed by atoms with Crippen LogP contribution in [0.5, 0.6) is 11.5 Å². The van der Waals surface area contributed by atoms with Gasteiger partial charge in [-0.05, 0) is 41.5 Å². The van der Waals surface area contributed by atoms with Gasteiger partial charge in [-0.1, -0.05) is 96.5 Å². The summed E-state index contributed by atoms with van der Waals surface area (Å²) < 4.78 is 15.7. The van der Waals surface area contributed by atoms with E-state index in [1.165, 1.54) is 22.8 Å². The van der Waals surface area contributed by atoms with Crippen molar-refractivity contribution in [1.82, 2.24) is 0 Å². The van der Waals surface area contributed by atoms with Gasteiger partial charge in [0.2, 0.25) is 0 Å². The van der Waals surface area contributed by atoms with Crippen molar-refractivity contribution in [3.63, 3.8) is 0 Å². The van der Waals surface area contributed by atoms with Gasteiger partial charge < -0.3 is 14.2 Å². The van der Waals surface area contributed by atoms with Gasteiger partial charge in [-0.15, -0.1) is 0 Å². The second-order valence-corrected chi connectivity index (χ2v) is 6.45. The molecule has 1 aliphatic rings. The third-order valence-electron chi connectivity index (χ3n) is 3.88. The maximum absolute atomic E-state index is 5.54. The van der Waals surface area contributed by atoms with E-state index < -0.39 is 0 Å². The van der Waals surface area contributed by atoms with Crippen LogP contribution in [0.15, 0.2) is 66.7 Å². The van der Waals surface area contributed by atoms with E-state index in [9.17, 15) is 0 Å². The molecule has 3 aromatic rings. The van der Waals surface area contributed by atoms with Crippen molar-refractivity contribution in [3.05, 3.63) is 72.3 Å². The summed E-state index contributed by atoms with van der Waals surface area (Å²) in [5.41, 5.74) is 1.18. The Morgan fingerprint density at radius 1 is 0.839 bits per heavy atom. The van der Waals surface area contributed by atoms with Crippen LogP contribution in [0, 0.1) is 6.92 Å². The first-order valence-electron chi connectivity index (χ1n) is 11.5. The molecule has 0 spiro atoms. The lowest BCUT2D eigenvalue weighted by molar-refractivity contribution is 0.262. The maximum atomic E-state index is 5.54. The fourth-order valence-electron chi connectivity index (χ4n) is 2.36. The topological polar surface area (TPSA) is 31.0 Å². The summed E-state index contributed by atoms with van der Waals surface area (Å²) in [5.74, 6) is 1.88. The molecule has 1 atom stereocenters. The van der Waals surface area contributed by atoms with Crippen molar-refractivity contribution in [2.24, 2.45) is 0 Å². The van der Waals surface area contributed by atoms with E-state index in [-0.39, 0.29) is 0 Å². The van der Waals surface area contributed by atoms with Crippen molar-refractivity contribution in [3.8, 4) is 11.5 Å². The van der Waals surface area contributed by atoms with Gasteiger partial charge in [0.25, 0.3) is 0 Å². The normalized spacial score (nSPS) is 12.8. The van der Waals surface area contributed by atoms with E-state index in [0.717, 1.165) is 18.1 Å². The molecule has 0 bridgehead atoms. The summed E-state index contributed by atoms with van der Waals surface area (Å²) in [4.78, 5) is 0. The van der Waals surface area contributed by atoms with E-state index in [2.05, 4.69) is 32.0 Å². The van der Waals surface area contributed by atoms with Crippen LogP contribution in [-0.4, -0.2) is 26.4 Å². The van der Waals surface area contributed by atoms with E-state index in [0.29, 0.717) is 12.7 Å². The minimum absolute atomic E-state index is 0.338. The minimum atomic E-state index is 0.338. The first-order valence-corrected chi connectivity index (χ1v) is 11.5. The monoisotopic (exact) mass is 426 g/mol. The molecule has 0 amide bonds. The van der Waals surface area contributed by atoms with Crippen LogP contribution in [0.3, 0.4) is 0 Å². The van der Waals surface area contributed by atoms with Crippen LogP contribution in [-0.2, 0) is 4.74 Å². The highest BCUT2D eigenvalue weighted by molar-refractivity contribution is 5.83. The van der Waals surface area contributed by atoms with Gasteiger partial charge in [-0.3, -0.25) is 0 Å². The molecule has 0 radical (unpaired) electrons. The molecule has 3 aromatic carbocycles. The minimum Gasteiger partial charge on any atom is -0.497 e. The summed E-state index contributed by atoms with van der Waals surface area (Å²) in [5, 5.41) is 2.47.